The van der Waals surface area contributed by atoms with E-state index >= 15 is 0 Å². The number of benzene rings is 1. The highest BCUT2D eigenvalue weighted by molar-refractivity contribution is 7.89. The molecule has 0 aliphatic rings. The highest BCUT2D eigenvalue weighted by Gasteiger charge is 2.26. The first kappa shape index (κ1) is 23.1. The molecule has 8 nitrogen and oxygen atoms in total. The van der Waals surface area contributed by atoms with Gasteiger partial charge >= 0.3 is 6.09 Å². The van der Waals surface area contributed by atoms with Crippen LogP contribution in [0, 0.1) is 0 Å². The van der Waals surface area contributed by atoms with Crippen LogP contribution in [-0.4, -0.2) is 60.8 Å². The number of carbonyl (C=O) groups excluding carboxylic acids is 1. The molecule has 0 radical (unpaired) electrons. The van der Waals surface area contributed by atoms with E-state index < -0.39 is 27.8 Å². The molecule has 2 aromatic rings. The molecule has 1 atom stereocenters. The number of hydrogen-bond donors (Lipinski definition) is 2. The van der Waals surface area contributed by atoms with E-state index in [4.69, 9.17) is 9.84 Å². The Hall–Kier alpha value is -2.23. The second-order valence-corrected chi connectivity index (χ2v) is 9.56. The minimum atomic E-state index is -3.82. The van der Waals surface area contributed by atoms with Gasteiger partial charge in [-0.1, -0.05) is 12.1 Å². The average molecular weight is 424 g/mol. The molecule has 1 amide bonds. The topological polar surface area (TPSA) is 109 Å². The van der Waals surface area contributed by atoms with Crippen LogP contribution in [0.1, 0.15) is 34.1 Å². The number of nitrogens with one attached hydrogen (secondary N) is 1. The summed E-state index contributed by atoms with van der Waals surface area (Å²) in [7, 11) is -3.82. The van der Waals surface area contributed by atoms with Crippen molar-refractivity contribution in [3.63, 3.8) is 0 Å². The molecule has 0 saturated heterocycles. The summed E-state index contributed by atoms with van der Waals surface area (Å²) in [6.45, 7) is 7.26. The van der Waals surface area contributed by atoms with Gasteiger partial charge in [0.1, 0.15) is 5.60 Å². The van der Waals surface area contributed by atoms with Crippen LogP contribution < -0.4 is 4.72 Å². The first-order chi connectivity index (χ1) is 13.5. The molecule has 2 N–H and O–H groups in total. The van der Waals surface area contributed by atoms with Gasteiger partial charge in [0.2, 0.25) is 10.0 Å². The zero-order valence-corrected chi connectivity index (χ0v) is 18.1. The third-order valence-electron chi connectivity index (χ3n) is 4.02. The molecular weight excluding hydrogens is 394 g/mol. The van der Waals surface area contributed by atoms with Crippen LogP contribution in [0.5, 0.6) is 0 Å². The van der Waals surface area contributed by atoms with Crippen molar-refractivity contribution in [3.05, 3.63) is 36.7 Å². The Balaban J connectivity index is 2.17. The zero-order chi connectivity index (χ0) is 21.7. The molecule has 29 heavy (non-hydrogen) atoms. The zero-order valence-electron chi connectivity index (χ0n) is 17.3. The molecule has 1 aromatic heterocycles. The predicted molar refractivity (Wildman–Crippen MR) is 111 cm³/mol. The van der Waals surface area contributed by atoms with Crippen molar-refractivity contribution in [2.24, 2.45) is 0 Å². The van der Waals surface area contributed by atoms with Crippen molar-refractivity contribution in [1.29, 1.82) is 0 Å². The lowest BCUT2D eigenvalue weighted by molar-refractivity contribution is 0.0229. The Labute approximate surface area is 171 Å². The number of sulfonamides is 1. The van der Waals surface area contributed by atoms with Crippen molar-refractivity contribution >= 4 is 26.9 Å². The van der Waals surface area contributed by atoms with E-state index in [-0.39, 0.29) is 24.6 Å². The highest BCUT2D eigenvalue weighted by atomic mass is 32.2. The number of pyridine rings is 1. The Bertz CT molecular complexity index is 935. The number of amides is 1. The minimum Gasteiger partial charge on any atom is -0.444 e. The van der Waals surface area contributed by atoms with Crippen LogP contribution in [0.2, 0.25) is 0 Å². The molecule has 1 aromatic carbocycles. The molecular formula is C20H29N3O5S. The summed E-state index contributed by atoms with van der Waals surface area (Å²) in [5.74, 6) is 0. The monoisotopic (exact) mass is 423 g/mol. The number of nitrogens with zero attached hydrogens (tertiary/aromatic N) is 2. The number of fused-ring (bicyclic) bond motifs is 1. The maximum atomic E-state index is 12.9. The number of ether oxygens (including phenoxy) is 1. The predicted octanol–water partition coefficient (Wildman–Crippen LogP) is 2.52. The second-order valence-electron chi connectivity index (χ2n) is 7.88. The largest absolute Gasteiger partial charge is 0.444 e. The third kappa shape index (κ3) is 6.66. The quantitative estimate of drug-likeness (QED) is 0.675. The van der Waals surface area contributed by atoms with E-state index in [1.165, 1.54) is 11.0 Å². The van der Waals surface area contributed by atoms with Crippen LogP contribution in [0.4, 0.5) is 4.79 Å². The number of hydrogen-bond acceptors (Lipinski definition) is 6. The summed E-state index contributed by atoms with van der Waals surface area (Å²) < 4.78 is 33.9. The van der Waals surface area contributed by atoms with E-state index in [0.29, 0.717) is 11.8 Å². The normalized spacial score (nSPS) is 13.3. The first-order valence-electron chi connectivity index (χ1n) is 9.47. The molecule has 0 aliphatic carbocycles. The number of aliphatic hydroxyl groups is 1. The van der Waals surface area contributed by atoms with Gasteiger partial charge in [-0.05, 0) is 46.2 Å². The Morgan fingerprint density at radius 2 is 2.03 bits per heavy atom. The SMILES string of the molecule is C[C@H](CN(CCCO)C(=O)OC(C)(C)C)NS(=O)(=O)c1cccc2cnccc12. The highest BCUT2D eigenvalue weighted by Crippen LogP contribution is 2.22. The molecule has 0 fully saturated rings. The third-order valence-corrected chi connectivity index (χ3v) is 5.67. The van der Waals surface area contributed by atoms with Crippen molar-refractivity contribution in [1.82, 2.24) is 14.6 Å². The lowest BCUT2D eigenvalue weighted by Crippen LogP contribution is -2.46. The molecule has 9 heteroatoms. The molecule has 0 unspecified atom stereocenters. The van der Waals surface area contributed by atoms with Crippen LogP contribution in [0.25, 0.3) is 10.8 Å². The molecule has 0 saturated carbocycles. The summed E-state index contributed by atoms with van der Waals surface area (Å²) >= 11 is 0. The van der Waals surface area contributed by atoms with E-state index in [9.17, 15) is 13.2 Å². The van der Waals surface area contributed by atoms with E-state index in [2.05, 4.69) is 9.71 Å². The fraction of sp³-hybridized carbons (Fsp3) is 0.500. The van der Waals surface area contributed by atoms with Gasteiger partial charge in [0.25, 0.3) is 0 Å². The molecule has 0 spiro atoms. The summed E-state index contributed by atoms with van der Waals surface area (Å²) in [6.07, 6.45) is 2.98. The number of aromatic nitrogens is 1. The molecule has 0 aliphatic heterocycles. The van der Waals surface area contributed by atoms with Crippen LogP contribution >= 0.6 is 0 Å². The summed E-state index contributed by atoms with van der Waals surface area (Å²) in [5.41, 5.74) is -0.672. The number of rotatable bonds is 8. The van der Waals surface area contributed by atoms with Crippen molar-refractivity contribution < 1.29 is 23.1 Å². The summed E-state index contributed by atoms with van der Waals surface area (Å²) in [5, 5.41) is 10.4. The molecule has 0 bridgehead atoms. The fourth-order valence-electron chi connectivity index (χ4n) is 2.87. The maximum absolute atomic E-state index is 12.9. The van der Waals surface area contributed by atoms with Gasteiger partial charge in [-0.15, -0.1) is 0 Å². The van der Waals surface area contributed by atoms with E-state index in [0.717, 1.165) is 5.39 Å². The van der Waals surface area contributed by atoms with Crippen LogP contribution in [-0.2, 0) is 14.8 Å². The minimum absolute atomic E-state index is 0.0799. The van der Waals surface area contributed by atoms with Crippen LogP contribution in [0.15, 0.2) is 41.6 Å². The maximum Gasteiger partial charge on any atom is 0.410 e. The van der Waals surface area contributed by atoms with Crippen molar-refractivity contribution in [2.75, 3.05) is 19.7 Å². The first-order valence-corrected chi connectivity index (χ1v) is 11.0. The summed E-state index contributed by atoms with van der Waals surface area (Å²) in [6, 6.07) is 6.09. The van der Waals surface area contributed by atoms with Crippen LogP contribution in [0.3, 0.4) is 0 Å². The fourth-order valence-corrected chi connectivity index (χ4v) is 4.33. The second kappa shape index (κ2) is 9.51. The lowest BCUT2D eigenvalue weighted by atomic mass is 10.2. The van der Waals surface area contributed by atoms with Gasteiger partial charge in [0.05, 0.1) is 4.90 Å². The summed E-state index contributed by atoms with van der Waals surface area (Å²) in [4.78, 5) is 18.0. The lowest BCUT2D eigenvalue weighted by Gasteiger charge is -2.29. The average Bonchev–Trinajstić information content (AvgIpc) is 2.62. The molecule has 160 valence electrons. The van der Waals surface area contributed by atoms with Gasteiger partial charge < -0.3 is 14.7 Å². The van der Waals surface area contributed by atoms with Gasteiger partial charge in [-0.3, -0.25) is 4.98 Å². The standard InChI is InChI=1S/C20H29N3O5S/c1-15(14-23(11-6-12-24)19(25)28-20(2,3)4)22-29(26,27)18-8-5-7-16-13-21-10-9-17(16)18/h5,7-10,13,15,22,24H,6,11-12,14H2,1-4H3/t15-/m1/s1. The molecule has 1 heterocycles. The Morgan fingerprint density at radius 1 is 1.31 bits per heavy atom. The van der Waals surface area contributed by atoms with Gasteiger partial charge in [0, 0.05) is 48.9 Å². The Morgan fingerprint density at radius 3 is 2.69 bits per heavy atom. The van der Waals surface area contributed by atoms with Crippen molar-refractivity contribution in [3.8, 4) is 0 Å². The van der Waals surface area contributed by atoms with Crippen molar-refractivity contribution in [2.45, 2.75) is 50.7 Å². The van der Waals surface area contributed by atoms with Gasteiger partial charge in [-0.25, -0.2) is 17.9 Å². The van der Waals surface area contributed by atoms with Gasteiger partial charge in [-0.2, -0.15) is 0 Å². The number of aliphatic hydroxyl groups excluding tert-OH is 1. The molecule has 2 rings (SSSR count). The van der Waals surface area contributed by atoms with Gasteiger partial charge in [0.15, 0.2) is 0 Å². The number of carbonyl (C=O) groups is 1. The van der Waals surface area contributed by atoms with E-state index in [1.807, 2.05) is 0 Å². The van der Waals surface area contributed by atoms with E-state index in [1.54, 1.807) is 58.3 Å². The Kier molecular flexibility index (Phi) is 7.56. The smallest absolute Gasteiger partial charge is 0.410 e.